The number of fused-ring (bicyclic) bond motifs is 1. The van der Waals surface area contributed by atoms with Gasteiger partial charge in [0.25, 0.3) is 0 Å². The maximum atomic E-state index is 10.9. The third-order valence-electron chi connectivity index (χ3n) is 6.25. The van der Waals surface area contributed by atoms with Crippen LogP contribution in [0.25, 0.3) is 11.1 Å². The second kappa shape index (κ2) is 8.37. The van der Waals surface area contributed by atoms with Gasteiger partial charge < -0.3 is 14.9 Å². The second-order valence-electron chi connectivity index (χ2n) is 8.93. The number of rotatable bonds is 6. The third kappa shape index (κ3) is 4.37. The van der Waals surface area contributed by atoms with E-state index < -0.39 is 10.5 Å². The summed E-state index contributed by atoms with van der Waals surface area (Å²) in [5, 5.41) is 10.9. The van der Waals surface area contributed by atoms with Gasteiger partial charge in [-0.25, -0.2) is 0 Å². The molecule has 5 rings (SSSR count). The van der Waals surface area contributed by atoms with E-state index in [0.717, 1.165) is 39.3 Å². The van der Waals surface area contributed by atoms with Crippen molar-refractivity contribution < 1.29 is 9.66 Å². The minimum atomic E-state index is -0.486. The van der Waals surface area contributed by atoms with Crippen LogP contribution in [0.15, 0.2) is 60.8 Å². The van der Waals surface area contributed by atoms with Crippen LogP contribution in [-0.2, 0) is 13.1 Å². The molecule has 3 heterocycles. The highest BCUT2D eigenvalue weighted by atomic mass is 16.6. The maximum Gasteiger partial charge on any atom is 0.415 e. The van der Waals surface area contributed by atoms with Gasteiger partial charge in [0.15, 0.2) is 0 Å². The normalized spacial score (nSPS) is 21.3. The fourth-order valence-electron chi connectivity index (χ4n) is 4.63. The van der Waals surface area contributed by atoms with E-state index >= 15 is 0 Å². The van der Waals surface area contributed by atoms with E-state index in [1.54, 1.807) is 4.57 Å². The van der Waals surface area contributed by atoms with Crippen LogP contribution in [0.1, 0.15) is 12.5 Å². The van der Waals surface area contributed by atoms with Crippen LogP contribution < -0.4 is 4.74 Å². The standard InChI is InChI=1S/C24H27N5O3/c1-24(18-28-16-22(29(30)31)25-23(28)32-24)17-27-13-11-26(12-14-27)15-19-7-9-21(10-8-19)20-5-3-2-4-6-20/h2-10,16H,11-15,17-18H2,1H3. The number of piperazine rings is 1. The van der Waals surface area contributed by atoms with E-state index in [1.165, 1.54) is 22.9 Å². The maximum absolute atomic E-state index is 10.9. The van der Waals surface area contributed by atoms with E-state index in [9.17, 15) is 10.1 Å². The highest BCUT2D eigenvalue weighted by Gasteiger charge is 2.41. The Hall–Kier alpha value is -3.23. The van der Waals surface area contributed by atoms with Crippen molar-refractivity contribution in [3.05, 3.63) is 76.5 Å². The number of ether oxygens (including phenoxy) is 1. The molecule has 0 saturated carbocycles. The second-order valence-corrected chi connectivity index (χ2v) is 8.93. The largest absolute Gasteiger partial charge is 0.436 e. The van der Waals surface area contributed by atoms with E-state index in [1.807, 2.05) is 13.0 Å². The summed E-state index contributed by atoms with van der Waals surface area (Å²) in [6, 6.07) is 19.6. The highest BCUT2D eigenvalue weighted by Crippen LogP contribution is 2.31. The zero-order valence-electron chi connectivity index (χ0n) is 18.2. The Kier molecular flexibility index (Phi) is 5.40. The zero-order valence-corrected chi connectivity index (χ0v) is 18.2. The predicted molar refractivity (Wildman–Crippen MR) is 122 cm³/mol. The molecule has 2 aliphatic heterocycles. The lowest BCUT2D eigenvalue weighted by Crippen LogP contribution is -2.52. The molecule has 0 amide bonds. The number of hydrogen-bond donors (Lipinski definition) is 0. The first kappa shape index (κ1) is 20.7. The number of benzene rings is 2. The highest BCUT2D eigenvalue weighted by molar-refractivity contribution is 5.63. The monoisotopic (exact) mass is 433 g/mol. The SMILES string of the molecule is CC1(CN2CCN(Cc3ccc(-c4ccccc4)cc3)CC2)Cn2cc([N+](=O)[O-])nc2O1. The summed E-state index contributed by atoms with van der Waals surface area (Å²) in [5.41, 5.74) is 3.41. The van der Waals surface area contributed by atoms with Crippen LogP contribution in [-0.4, -0.2) is 62.6 Å². The molecular weight excluding hydrogens is 406 g/mol. The molecule has 1 aromatic heterocycles. The molecule has 1 unspecified atom stereocenters. The Morgan fingerprint density at radius 2 is 1.66 bits per heavy atom. The fraction of sp³-hybridized carbons (Fsp3) is 0.375. The Morgan fingerprint density at radius 1 is 1.00 bits per heavy atom. The summed E-state index contributed by atoms with van der Waals surface area (Å²) in [6.07, 6.45) is 1.46. The molecular formula is C24H27N5O3. The molecule has 32 heavy (non-hydrogen) atoms. The van der Waals surface area contributed by atoms with Crippen molar-refractivity contribution in [1.29, 1.82) is 0 Å². The van der Waals surface area contributed by atoms with Crippen molar-refractivity contribution in [2.45, 2.75) is 25.6 Å². The molecule has 0 bridgehead atoms. The molecule has 0 radical (unpaired) electrons. The first-order valence-corrected chi connectivity index (χ1v) is 11.0. The predicted octanol–water partition coefficient (Wildman–Crippen LogP) is 3.43. The van der Waals surface area contributed by atoms with Crippen molar-refractivity contribution in [3.63, 3.8) is 0 Å². The molecule has 1 saturated heterocycles. The minimum Gasteiger partial charge on any atom is -0.436 e. The summed E-state index contributed by atoms with van der Waals surface area (Å²) in [4.78, 5) is 19.3. The van der Waals surface area contributed by atoms with Gasteiger partial charge in [-0.05, 0) is 28.5 Å². The molecule has 1 fully saturated rings. The summed E-state index contributed by atoms with van der Waals surface area (Å²) >= 11 is 0. The zero-order chi connectivity index (χ0) is 22.1. The van der Waals surface area contributed by atoms with Crippen LogP contribution in [0.4, 0.5) is 5.82 Å². The van der Waals surface area contributed by atoms with Gasteiger partial charge in [0, 0.05) is 44.3 Å². The van der Waals surface area contributed by atoms with E-state index in [-0.39, 0.29) is 5.82 Å². The lowest BCUT2D eigenvalue weighted by Gasteiger charge is -2.38. The van der Waals surface area contributed by atoms with E-state index in [2.05, 4.69) is 63.3 Å². The van der Waals surface area contributed by atoms with Crippen LogP contribution in [0.5, 0.6) is 6.01 Å². The molecule has 0 aliphatic carbocycles. The van der Waals surface area contributed by atoms with E-state index in [0.29, 0.717) is 12.6 Å². The van der Waals surface area contributed by atoms with Crippen molar-refractivity contribution in [3.8, 4) is 17.1 Å². The van der Waals surface area contributed by atoms with Crippen molar-refractivity contribution in [2.24, 2.45) is 0 Å². The molecule has 3 aromatic rings. The molecule has 0 spiro atoms. The first-order valence-electron chi connectivity index (χ1n) is 11.0. The van der Waals surface area contributed by atoms with Gasteiger partial charge in [-0.2, -0.15) is 0 Å². The smallest absolute Gasteiger partial charge is 0.415 e. The van der Waals surface area contributed by atoms with Gasteiger partial charge in [0.05, 0.1) is 6.54 Å². The summed E-state index contributed by atoms with van der Waals surface area (Å²) < 4.78 is 7.73. The van der Waals surface area contributed by atoms with Gasteiger partial charge >= 0.3 is 11.8 Å². The van der Waals surface area contributed by atoms with Crippen LogP contribution in [0, 0.1) is 10.1 Å². The summed E-state index contributed by atoms with van der Waals surface area (Å²) in [6.45, 7) is 8.33. The van der Waals surface area contributed by atoms with Gasteiger partial charge in [0.2, 0.25) is 0 Å². The van der Waals surface area contributed by atoms with Crippen LogP contribution >= 0.6 is 0 Å². The summed E-state index contributed by atoms with van der Waals surface area (Å²) in [7, 11) is 0. The Bertz CT molecular complexity index is 1070. The average molecular weight is 434 g/mol. The fourth-order valence-corrected chi connectivity index (χ4v) is 4.63. The van der Waals surface area contributed by atoms with Crippen molar-refractivity contribution in [1.82, 2.24) is 19.4 Å². The Balaban J connectivity index is 1.11. The number of nitrogens with zero attached hydrogens (tertiary/aromatic N) is 5. The molecule has 8 heteroatoms. The molecule has 0 N–H and O–H groups in total. The number of aromatic nitrogens is 2. The first-order chi connectivity index (χ1) is 15.5. The van der Waals surface area contributed by atoms with Crippen molar-refractivity contribution >= 4 is 5.82 Å². The lowest BCUT2D eigenvalue weighted by atomic mass is 10.0. The number of nitro groups is 1. The number of hydrogen-bond acceptors (Lipinski definition) is 6. The Labute approximate surface area is 187 Å². The summed E-state index contributed by atoms with van der Waals surface area (Å²) in [5.74, 6) is -0.160. The third-order valence-corrected chi connectivity index (χ3v) is 6.25. The topological polar surface area (TPSA) is 76.7 Å². The van der Waals surface area contributed by atoms with Crippen LogP contribution in [0.3, 0.4) is 0 Å². The molecule has 166 valence electrons. The van der Waals surface area contributed by atoms with Crippen molar-refractivity contribution in [2.75, 3.05) is 32.7 Å². The Morgan fingerprint density at radius 3 is 2.31 bits per heavy atom. The van der Waals surface area contributed by atoms with Gasteiger partial charge in [-0.15, -0.1) is 0 Å². The molecule has 2 aromatic carbocycles. The van der Waals surface area contributed by atoms with Gasteiger partial charge in [-0.3, -0.25) is 14.4 Å². The molecule has 1 atom stereocenters. The van der Waals surface area contributed by atoms with Gasteiger partial charge in [0.1, 0.15) is 11.8 Å². The minimum absolute atomic E-state index is 0.160. The number of imidazole rings is 1. The quantitative estimate of drug-likeness (QED) is 0.438. The van der Waals surface area contributed by atoms with Gasteiger partial charge in [-0.1, -0.05) is 54.6 Å². The van der Waals surface area contributed by atoms with E-state index in [4.69, 9.17) is 4.74 Å². The van der Waals surface area contributed by atoms with Crippen LogP contribution in [0.2, 0.25) is 0 Å². The average Bonchev–Trinajstić information content (AvgIpc) is 3.31. The molecule has 2 aliphatic rings. The lowest BCUT2D eigenvalue weighted by molar-refractivity contribution is -0.389. The molecule has 8 nitrogen and oxygen atoms in total.